The van der Waals surface area contributed by atoms with Gasteiger partial charge in [-0.05, 0) is 37.1 Å². The molecular weight excluding hydrogens is 424 g/mol. The molecule has 0 saturated carbocycles. The molecule has 3 atom stereocenters. The third kappa shape index (κ3) is 5.55. The van der Waals surface area contributed by atoms with Crippen molar-refractivity contribution in [1.82, 2.24) is 10.2 Å². The molecule has 1 heterocycles. The summed E-state index contributed by atoms with van der Waals surface area (Å²) in [6, 6.07) is 3.54. The van der Waals surface area contributed by atoms with Gasteiger partial charge in [0, 0.05) is 6.54 Å². The number of carbonyl (C=O) groups is 3. The van der Waals surface area contributed by atoms with E-state index >= 15 is 0 Å². The molecule has 1 aliphatic heterocycles. The first-order valence-electron chi connectivity index (χ1n) is 10.5. The van der Waals surface area contributed by atoms with Gasteiger partial charge in [-0.2, -0.15) is 0 Å². The van der Waals surface area contributed by atoms with Crippen molar-refractivity contribution in [1.29, 1.82) is 0 Å². The third-order valence-corrected chi connectivity index (χ3v) is 7.63. The van der Waals surface area contributed by atoms with Crippen LogP contribution in [0.2, 0.25) is 0 Å². The number of carboxylic acids is 1. The van der Waals surface area contributed by atoms with Crippen LogP contribution in [0.3, 0.4) is 0 Å². The number of carboxylic acid groups (broad SMARTS) is 1. The van der Waals surface area contributed by atoms with Crippen molar-refractivity contribution >= 4 is 27.7 Å². The van der Waals surface area contributed by atoms with Crippen LogP contribution in [0.15, 0.2) is 29.2 Å². The van der Waals surface area contributed by atoms with Crippen LogP contribution in [0.1, 0.15) is 46.5 Å². The number of amides is 3. The highest BCUT2D eigenvalue weighted by atomic mass is 32.2. The quantitative estimate of drug-likeness (QED) is 0.366. The number of aliphatic carboxylic acids is 1. The molecule has 0 bridgehead atoms. The van der Waals surface area contributed by atoms with Gasteiger partial charge >= 0.3 is 12.0 Å². The molecule has 0 aromatic heterocycles. The molecule has 2 N–H and O–H groups in total. The number of benzene rings is 1. The molecule has 3 amide bonds. The molecular formula is C21H30N2O7S. The number of imide groups is 1. The minimum atomic E-state index is -4.28. The van der Waals surface area contributed by atoms with Gasteiger partial charge in [0.25, 0.3) is 5.91 Å². The Bertz CT molecular complexity index is 899. The summed E-state index contributed by atoms with van der Waals surface area (Å²) in [6.45, 7) is 5.81. The second-order valence-electron chi connectivity index (χ2n) is 7.60. The van der Waals surface area contributed by atoms with Gasteiger partial charge in [0.1, 0.15) is 17.0 Å². The molecule has 1 aromatic rings. The van der Waals surface area contributed by atoms with Crippen LogP contribution < -0.4 is 10.1 Å². The largest absolute Gasteiger partial charge is 0.494 e. The highest BCUT2D eigenvalue weighted by Crippen LogP contribution is 2.31. The Morgan fingerprint density at radius 2 is 1.77 bits per heavy atom. The fraction of sp³-hybridized carbons (Fsp3) is 0.571. The van der Waals surface area contributed by atoms with Crippen LogP contribution in [0.25, 0.3) is 0 Å². The van der Waals surface area contributed by atoms with E-state index in [4.69, 9.17) is 4.74 Å². The fourth-order valence-corrected chi connectivity index (χ4v) is 5.58. The zero-order valence-corrected chi connectivity index (χ0v) is 18.9. The Labute approximate surface area is 182 Å². The van der Waals surface area contributed by atoms with Gasteiger partial charge in [-0.25, -0.2) is 13.2 Å². The summed E-state index contributed by atoms with van der Waals surface area (Å²) in [4.78, 5) is 37.6. The number of sulfone groups is 1. The smallest absolute Gasteiger partial charge is 0.324 e. The van der Waals surface area contributed by atoms with E-state index in [1.54, 1.807) is 0 Å². The summed E-state index contributed by atoms with van der Waals surface area (Å²) in [5, 5.41) is 10.1. The van der Waals surface area contributed by atoms with Crippen LogP contribution in [-0.2, 0) is 19.4 Å². The summed E-state index contributed by atoms with van der Waals surface area (Å²) < 4.78 is 32.5. The molecule has 1 aliphatic rings. The van der Waals surface area contributed by atoms with Crippen LogP contribution in [0.4, 0.5) is 4.79 Å². The monoisotopic (exact) mass is 454 g/mol. The number of urea groups is 1. The number of carbonyl (C=O) groups excluding carboxylic acids is 2. The van der Waals surface area contributed by atoms with Crippen LogP contribution >= 0.6 is 0 Å². The van der Waals surface area contributed by atoms with E-state index in [1.165, 1.54) is 31.2 Å². The standard InChI is InChI=1S/C21H30N2O7S/c1-4-6-12-23-17(19(24)22-21(23)27)18(14(3)20(25)26)31(28,29)16-10-8-15(9-11-16)30-13-7-5-2/h8-11,14,17-18H,4-7,12-13H2,1-3H3,(H,25,26)(H,22,24,27). The SMILES string of the molecule is CCCCOc1ccc(S(=O)(=O)C(C(C)C(=O)O)C2C(=O)NC(=O)N2CCCC)cc1. The maximum atomic E-state index is 13.5. The highest BCUT2D eigenvalue weighted by Gasteiger charge is 2.52. The van der Waals surface area contributed by atoms with E-state index < -0.39 is 45.0 Å². The zero-order valence-electron chi connectivity index (χ0n) is 18.0. The van der Waals surface area contributed by atoms with Crippen molar-refractivity contribution in [3.8, 4) is 5.75 Å². The van der Waals surface area contributed by atoms with E-state index in [1.807, 2.05) is 13.8 Å². The second-order valence-corrected chi connectivity index (χ2v) is 9.70. The molecule has 10 heteroatoms. The molecule has 1 aromatic carbocycles. The van der Waals surface area contributed by atoms with Crippen molar-refractivity contribution < 1.29 is 32.6 Å². The van der Waals surface area contributed by atoms with Crippen LogP contribution in [-0.4, -0.2) is 60.8 Å². The Hall–Kier alpha value is -2.62. The van der Waals surface area contributed by atoms with Gasteiger partial charge in [-0.15, -0.1) is 0 Å². The molecule has 0 aliphatic carbocycles. The van der Waals surface area contributed by atoms with Gasteiger partial charge < -0.3 is 14.7 Å². The molecule has 1 saturated heterocycles. The molecule has 1 fully saturated rings. The predicted molar refractivity (Wildman–Crippen MR) is 114 cm³/mol. The first-order chi connectivity index (χ1) is 14.6. The molecule has 0 radical (unpaired) electrons. The molecule has 2 rings (SSSR count). The summed E-state index contributed by atoms with van der Waals surface area (Å²) >= 11 is 0. The van der Waals surface area contributed by atoms with Gasteiger partial charge in [-0.3, -0.25) is 14.9 Å². The molecule has 31 heavy (non-hydrogen) atoms. The lowest BCUT2D eigenvalue weighted by Gasteiger charge is -2.31. The maximum absolute atomic E-state index is 13.5. The van der Waals surface area contributed by atoms with Crippen molar-refractivity contribution in [3.63, 3.8) is 0 Å². The second kappa shape index (κ2) is 10.6. The number of hydrogen-bond donors (Lipinski definition) is 2. The molecule has 0 spiro atoms. The number of unbranched alkanes of at least 4 members (excludes halogenated alkanes) is 2. The number of rotatable bonds is 12. The van der Waals surface area contributed by atoms with Gasteiger partial charge in [0.2, 0.25) is 0 Å². The number of hydrogen-bond acceptors (Lipinski definition) is 6. The van der Waals surface area contributed by atoms with Crippen molar-refractivity contribution in [2.75, 3.05) is 13.2 Å². The van der Waals surface area contributed by atoms with E-state index in [-0.39, 0.29) is 11.4 Å². The number of ether oxygens (including phenoxy) is 1. The lowest BCUT2D eigenvalue weighted by atomic mass is 10.00. The lowest BCUT2D eigenvalue weighted by Crippen LogP contribution is -2.52. The minimum absolute atomic E-state index is 0.129. The molecule has 9 nitrogen and oxygen atoms in total. The van der Waals surface area contributed by atoms with Crippen LogP contribution in [0, 0.1) is 5.92 Å². The Kier molecular flexibility index (Phi) is 8.43. The summed E-state index contributed by atoms with van der Waals surface area (Å²) in [6.07, 6.45) is 3.08. The Morgan fingerprint density at radius 1 is 1.16 bits per heavy atom. The lowest BCUT2D eigenvalue weighted by molar-refractivity contribution is -0.141. The van der Waals surface area contributed by atoms with Gasteiger partial charge in [0.05, 0.1) is 17.4 Å². The normalized spacial score (nSPS) is 18.5. The predicted octanol–water partition coefficient (Wildman–Crippen LogP) is 2.45. The fourth-order valence-electron chi connectivity index (χ4n) is 3.48. The van der Waals surface area contributed by atoms with Crippen molar-refractivity contribution in [2.45, 2.75) is 62.6 Å². The third-order valence-electron chi connectivity index (χ3n) is 5.32. The van der Waals surface area contributed by atoms with Gasteiger partial charge in [-0.1, -0.05) is 33.6 Å². The van der Waals surface area contributed by atoms with Crippen molar-refractivity contribution in [3.05, 3.63) is 24.3 Å². The summed E-state index contributed by atoms with van der Waals surface area (Å²) in [5.74, 6) is -3.09. The Balaban J connectivity index is 2.43. The number of nitrogens with zero attached hydrogens (tertiary/aromatic N) is 1. The van der Waals surface area contributed by atoms with Crippen molar-refractivity contribution in [2.24, 2.45) is 5.92 Å². The van der Waals surface area contributed by atoms with E-state index in [0.29, 0.717) is 18.8 Å². The maximum Gasteiger partial charge on any atom is 0.324 e. The highest BCUT2D eigenvalue weighted by molar-refractivity contribution is 7.92. The first-order valence-corrected chi connectivity index (χ1v) is 12.0. The zero-order chi connectivity index (χ0) is 23.2. The minimum Gasteiger partial charge on any atom is -0.494 e. The Morgan fingerprint density at radius 3 is 2.32 bits per heavy atom. The number of nitrogens with one attached hydrogen (secondary N) is 1. The van der Waals surface area contributed by atoms with Crippen LogP contribution in [0.5, 0.6) is 5.75 Å². The van der Waals surface area contributed by atoms with Gasteiger partial charge in [0.15, 0.2) is 9.84 Å². The van der Waals surface area contributed by atoms with E-state index in [2.05, 4.69) is 5.32 Å². The molecule has 3 unspecified atom stereocenters. The topological polar surface area (TPSA) is 130 Å². The average molecular weight is 455 g/mol. The average Bonchev–Trinajstić information content (AvgIpc) is 2.99. The summed E-state index contributed by atoms with van der Waals surface area (Å²) in [5.41, 5.74) is 0. The van der Waals surface area contributed by atoms with E-state index in [9.17, 15) is 27.9 Å². The first kappa shape index (κ1) is 24.6. The van der Waals surface area contributed by atoms with E-state index in [0.717, 1.165) is 24.2 Å². The molecule has 172 valence electrons. The summed E-state index contributed by atoms with van der Waals surface area (Å²) in [7, 11) is -4.28.